The summed E-state index contributed by atoms with van der Waals surface area (Å²) in [5.74, 6) is 0. The number of carbonyl (C=O) groups is 1. The summed E-state index contributed by atoms with van der Waals surface area (Å²) in [6.07, 6.45) is 1.31. The number of nitrogens with zero attached hydrogens (tertiary/aromatic N) is 1. The van der Waals surface area contributed by atoms with E-state index in [-0.39, 0.29) is 18.7 Å². The van der Waals surface area contributed by atoms with Gasteiger partial charge in [-0.2, -0.15) is 0 Å². The minimum Gasteiger partial charge on any atom is -0.450 e. The Morgan fingerprint density at radius 3 is 3.13 bits per heavy atom. The van der Waals surface area contributed by atoms with E-state index in [4.69, 9.17) is 9.84 Å². The van der Waals surface area contributed by atoms with Crippen molar-refractivity contribution in [2.24, 2.45) is 0 Å². The van der Waals surface area contributed by atoms with Crippen LogP contribution in [-0.4, -0.2) is 55.0 Å². The van der Waals surface area contributed by atoms with E-state index in [0.29, 0.717) is 13.2 Å². The highest BCUT2D eigenvalue weighted by Crippen LogP contribution is 2.10. The molecule has 0 aromatic heterocycles. The lowest BCUT2D eigenvalue weighted by Crippen LogP contribution is -2.53. The normalized spacial score (nSPS) is 21.5. The zero-order valence-corrected chi connectivity index (χ0v) is 9.24. The molecule has 0 radical (unpaired) electrons. The number of ether oxygens (including phenoxy) is 1. The lowest BCUT2D eigenvalue weighted by atomic mass is 10.1. The van der Waals surface area contributed by atoms with Crippen LogP contribution in [0.1, 0.15) is 19.8 Å². The molecular weight excluding hydrogens is 196 g/mol. The number of aliphatic hydroxyl groups is 1. The molecule has 1 aliphatic heterocycles. The molecule has 1 atom stereocenters. The lowest BCUT2D eigenvalue weighted by Gasteiger charge is -2.35. The summed E-state index contributed by atoms with van der Waals surface area (Å²) >= 11 is 0. The average molecular weight is 216 g/mol. The topological polar surface area (TPSA) is 61.8 Å². The maximum Gasteiger partial charge on any atom is 0.410 e. The summed E-state index contributed by atoms with van der Waals surface area (Å²) in [7, 11) is 0. The number of piperazine rings is 1. The molecule has 5 heteroatoms. The molecule has 0 aromatic carbocycles. The molecule has 0 spiro atoms. The maximum atomic E-state index is 11.6. The fourth-order valence-corrected chi connectivity index (χ4v) is 1.79. The van der Waals surface area contributed by atoms with Gasteiger partial charge in [-0.3, -0.25) is 0 Å². The van der Waals surface area contributed by atoms with Crippen LogP contribution in [0.15, 0.2) is 0 Å². The van der Waals surface area contributed by atoms with Crippen molar-refractivity contribution in [2.45, 2.75) is 25.8 Å². The first-order valence-corrected chi connectivity index (χ1v) is 5.54. The Hall–Kier alpha value is -0.810. The predicted molar refractivity (Wildman–Crippen MR) is 56.7 cm³/mol. The molecule has 0 aromatic rings. The Kier molecular flexibility index (Phi) is 5.42. The van der Waals surface area contributed by atoms with Gasteiger partial charge in [-0.25, -0.2) is 4.79 Å². The van der Waals surface area contributed by atoms with E-state index in [1.807, 2.05) is 6.92 Å². The molecular formula is C10H20N2O3. The zero-order chi connectivity index (χ0) is 11.1. The second-order valence-electron chi connectivity index (χ2n) is 3.62. The standard InChI is InChI=1S/C10H20N2O3/c1-2-15-10(14)12-6-5-11-8-9(12)4-3-7-13/h9,11,13H,2-8H2,1H3. The van der Waals surface area contributed by atoms with Crippen LogP contribution in [0.3, 0.4) is 0 Å². The summed E-state index contributed by atoms with van der Waals surface area (Å²) in [6.45, 7) is 4.69. The van der Waals surface area contributed by atoms with E-state index in [1.165, 1.54) is 0 Å². The van der Waals surface area contributed by atoms with E-state index in [2.05, 4.69) is 5.32 Å². The van der Waals surface area contributed by atoms with Gasteiger partial charge in [0.1, 0.15) is 0 Å². The van der Waals surface area contributed by atoms with Gasteiger partial charge in [0.25, 0.3) is 0 Å². The molecule has 0 saturated carbocycles. The number of amides is 1. The van der Waals surface area contributed by atoms with Crippen LogP contribution in [0.4, 0.5) is 4.79 Å². The maximum absolute atomic E-state index is 11.6. The SMILES string of the molecule is CCOC(=O)N1CCNCC1CCCO. The highest BCUT2D eigenvalue weighted by Gasteiger charge is 2.26. The molecule has 0 bridgehead atoms. The molecule has 1 heterocycles. The van der Waals surface area contributed by atoms with Gasteiger partial charge in [-0.05, 0) is 19.8 Å². The van der Waals surface area contributed by atoms with Crippen molar-refractivity contribution >= 4 is 6.09 Å². The van der Waals surface area contributed by atoms with Crippen LogP contribution in [0.2, 0.25) is 0 Å². The van der Waals surface area contributed by atoms with Crippen LogP contribution in [-0.2, 0) is 4.74 Å². The summed E-state index contributed by atoms with van der Waals surface area (Å²) in [5, 5.41) is 12.0. The molecule has 1 amide bonds. The Labute approximate surface area is 90.4 Å². The van der Waals surface area contributed by atoms with Crippen molar-refractivity contribution in [1.29, 1.82) is 0 Å². The number of nitrogens with one attached hydrogen (secondary N) is 1. The first kappa shape index (κ1) is 12.3. The number of hydrogen-bond donors (Lipinski definition) is 2. The third-order valence-corrected chi connectivity index (χ3v) is 2.55. The van der Waals surface area contributed by atoms with Gasteiger partial charge in [0, 0.05) is 32.3 Å². The van der Waals surface area contributed by atoms with E-state index < -0.39 is 0 Å². The van der Waals surface area contributed by atoms with Gasteiger partial charge in [0.05, 0.1) is 6.61 Å². The van der Waals surface area contributed by atoms with Crippen LogP contribution in [0.25, 0.3) is 0 Å². The van der Waals surface area contributed by atoms with Gasteiger partial charge < -0.3 is 20.1 Å². The fraction of sp³-hybridized carbons (Fsp3) is 0.900. The third-order valence-electron chi connectivity index (χ3n) is 2.55. The molecule has 1 fully saturated rings. The van der Waals surface area contributed by atoms with Crippen LogP contribution >= 0.6 is 0 Å². The van der Waals surface area contributed by atoms with Crippen molar-refractivity contribution in [3.63, 3.8) is 0 Å². The van der Waals surface area contributed by atoms with Crippen LogP contribution < -0.4 is 5.32 Å². The summed E-state index contributed by atoms with van der Waals surface area (Å²) in [4.78, 5) is 13.3. The van der Waals surface area contributed by atoms with Gasteiger partial charge in [-0.1, -0.05) is 0 Å². The van der Waals surface area contributed by atoms with E-state index in [1.54, 1.807) is 4.90 Å². The lowest BCUT2D eigenvalue weighted by molar-refractivity contribution is 0.0770. The minimum atomic E-state index is -0.234. The molecule has 1 unspecified atom stereocenters. The molecule has 88 valence electrons. The second kappa shape index (κ2) is 6.63. The van der Waals surface area contributed by atoms with Crippen molar-refractivity contribution in [2.75, 3.05) is 32.8 Å². The highest BCUT2D eigenvalue weighted by atomic mass is 16.6. The molecule has 1 rings (SSSR count). The number of carbonyl (C=O) groups excluding carboxylic acids is 1. The summed E-state index contributed by atoms with van der Waals surface area (Å²) in [6, 6.07) is 0.157. The van der Waals surface area contributed by atoms with Crippen LogP contribution in [0, 0.1) is 0 Å². The number of rotatable bonds is 4. The van der Waals surface area contributed by atoms with Gasteiger partial charge in [0.15, 0.2) is 0 Å². The smallest absolute Gasteiger partial charge is 0.410 e. The molecule has 5 nitrogen and oxygen atoms in total. The monoisotopic (exact) mass is 216 g/mol. The Morgan fingerprint density at radius 2 is 2.47 bits per heavy atom. The first-order valence-electron chi connectivity index (χ1n) is 5.54. The fourth-order valence-electron chi connectivity index (χ4n) is 1.79. The Morgan fingerprint density at radius 1 is 1.67 bits per heavy atom. The summed E-state index contributed by atoms with van der Waals surface area (Å²) in [5.41, 5.74) is 0. The quantitative estimate of drug-likeness (QED) is 0.704. The number of aliphatic hydroxyl groups excluding tert-OH is 1. The molecule has 0 aliphatic carbocycles. The van der Waals surface area contributed by atoms with Gasteiger partial charge in [0.2, 0.25) is 0 Å². The molecule has 1 saturated heterocycles. The average Bonchev–Trinajstić information content (AvgIpc) is 2.27. The van der Waals surface area contributed by atoms with E-state index >= 15 is 0 Å². The zero-order valence-electron chi connectivity index (χ0n) is 9.24. The molecule has 15 heavy (non-hydrogen) atoms. The highest BCUT2D eigenvalue weighted by molar-refractivity contribution is 5.68. The largest absolute Gasteiger partial charge is 0.450 e. The van der Waals surface area contributed by atoms with Crippen molar-refractivity contribution < 1.29 is 14.6 Å². The van der Waals surface area contributed by atoms with Crippen molar-refractivity contribution in [1.82, 2.24) is 10.2 Å². The summed E-state index contributed by atoms with van der Waals surface area (Å²) < 4.78 is 4.99. The molecule has 2 N–H and O–H groups in total. The second-order valence-corrected chi connectivity index (χ2v) is 3.62. The minimum absolute atomic E-state index is 0.157. The first-order chi connectivity index (χ1) is 7.29. The molecule has 1 aliphatic rings. The predicted octanol–water partition coefficient (Wildman–Crippen LogP) is 0.189. The number of hydrogen-bond acceptors (Lipinski definition) is 4. The van der Waals surface area contributed by atoms with Gasteiger partial charge in [-0.15, -0.1) is 0 Å². The van der Waals surface area contributed by atoms with Crippen LogP contribution in [0.5, 0.6) is 0 Å². The Bertz CT molecular complexity index is 199. The van der Waals surface area contributed by atoms with Gasteiger partial charge >= 0.3 is 6.09 Å². The Balaban J connectivity index is 2.45. The third kappa shape index (κ3) is 3.68. The van der Waals surface area contributed by atoms with Crippen molar-refractivity contribution in [3.8, 4) is 0 Å². The van der Waals surface area contributed by atoms with Crippen molar-refractivity contribution in [3.05, 3.63) is 0 Å². The van der Waals surface area contributed by atoms with E-state index in [9.17, 15) is 4.79 Å². The van der Waals surface area contributed by atoms with E-state index in [0.717, 1.165) is 25.9 Å².